The van der Waals surface area contributed by atoms with Crippen molar-refractivity contribution in [1.29, 1.82) is 0 Å². The molecular formula is C14H18F2. The van der Waals surface area contributed by atoms with Crippen molar-refractivity contribution in [2.75, 3.05) is 0 Å². The normalized spacial score (nSPS) is 24.2. The average molecular weight is 224 g/mol. The molecule has 0 saturated carbocycles. The molecule has 1 aromatic carbocycles. The summed E-state index contributed by atoms with van der Waals surface area (Å²) in [5.74, 6) is -2.71. The highest BCUT2D eigenvalue weighted by molar-refractivity contribution is 5.52. The second-order valence-corrected chi connectivity index (χ2v) is 5.82. The fourth-order valence-corrected chi connectivity index (χ4v) is 3.13. The highest BCUT2D eigenvalue weighted by Gasteiger charge is 2.65. The molecule has 16 heavy (non-hydrogen) atoms. The van der Waals surface area contributed by atoms with Gasteiger partial charge in [0.15, 0.2) is 0 Å². The van der Waals surface area contributed by atoms with E-state index in [0.717, 1.165) is 16.7 Å². The van der Waals surface area contributed by atoms with Crippen LogP contribution in [-0.2, 0) is 10.8 Å². The van der Waals surface area contributed by atoms with Crippen LogP contribution in [0.2, 0.25) is 0 Å². The molecule has 0 nitrogen and oxygen atoms in total. The number of hydrogen-bond donors (Lipinski definition) is 0. The number of halogens is 2. The van der Waals surface area contributed by atoms with Crippen LogP contribution >= 0.6 is 0 Å². The van der Waals surface area contributed by atoms with E-state index in [-0.39, 0.29) is 0 Å². The zero-order valence-electron chi connectivity index (χ0n) is 10.5. The molecule has 2 rings (SSSR count). The lowest BCUT2D eigenvalue weighted by molar-refractivity contribution is -0.105. The number of aryl methyl sites for hydroxylation is 1. The van der Waals surface area contributed by atoms with Crippen molar-refractivity contribution in [2.45, 2.75) is 51.4 Å². The van der Waals surface area contributed by atoms with E-state index in [0.29, 0.717) is 0 Å². The van der Waals surface area contributed by atoms with Crippen LogP contribution in [0.5, 0.6) is 0 Å². The highest BCUT2D eigenvalue weighted by Crippen LogP contribution is 2.59. The average Bonchev–Trinajstić information content (AvgIpc) is 2.25. The number of benzene rings is 1. The fourth-order valence-electron chi connectivity index (χ4n) is 3.13. The molecule has 1 aromatic rings. The molecule has 0 unspecified atom stereocenters. The largest absolute Gasteiger partial charge is 0.266 e. The van der Waals surface area contributed by atoms with Gasteiger partial charge in [0.05, 0.1) is 10.8 Å². The molecule has 0 aromatic heterocycles. The summed E-state index contributed by atoms with van der Waals surface area (Å²) in [6.45, 7) is 8.49. The van der Waals surface area contributed by atoms with E-state index in [4.69, 9.17) is 0 Å². The van der Waals surface area contributed by atoms with Gasteiger partial charge in [-0.25, -0.2) is 8.78 Å². The van der Waals surface area contributed by atoms with Gasteiger partial charge in [0.2, 0.25) is 0 Å². The smallest absolute Gasteiger partial charge is 0.205 e. The molecule has 0 heterocycles. The SMILES string of the molecule is Cc1cccc2c1C(C)(C)C(F)(F)C2(C)C. The first-order valence-electron chi connectivity index (χ1n) is 5.62. The van der Waals surface area contributed by atoms with Crippen LogP contribution in [0.15, 0.2) is 18.2 Å². The van der Waals surface area contributed by atoms with E-state index >= 15 is 0 Å². The molecule has 0 spiro atoms. The van der Waals surface area contributed by atoms with Crippen molar-refractivity contribution in [2.24, 2.45) is 0 Å². The Morgan fingerprint density at radius 2 is 1.50 bits per heavy atom. The third-order valence-corrected chi connectivity index (χ3v) is 4.14. The Bertz CT molecular complexity index is 442. The molecule has 0 bridgehead atoms. The third-order valence-electron chi connectivity index (χ3n) is 4.14. The molecule has 0 aliphatic heterocycles. The predicted molar refractivity (Wildman–Crippen MR) is 62.2 cm³/mol. The van der Waals surface area contributed by atoms with Crippen LogP contribution in [0.3, 0.4) is 0 Å². The van der Waals surface area contributed by atoms with Gasteiger partial charge in [-0.1, -0.05) is 18.2 Å². The van der Waals surface area contributed by atoms with Crippen LogP contribution in [0, 0.1) is 6.92 Å². The molecular weight excluding hydrogens is 206 g/mol. The van der Waals surface area contributed by atoms with E-state index < -0.39 is 16.8 Å². The molecule has 0 atom stereocenters. The van der Waals surface area contributed by atoms with Gasteiger partial charge >= 0.3 is 0 Å². The lowest BCUT2D eigenvalue weighted by Crippen LogP contribution is -2.46. The van der Waals surface area contributed by atoms with Gasteiger partial charge < -0.3 is 0 Å². The van der Waals surface area contributed by atoms with E-state index in [1.165, 1.54) is 0 Å². The Morgan fingerprint density at radius 3 is 2.00 bits per heavy atom. The van der Waals surface area contributed by atoms with Gasteiger partial charge in [0.25, 0.3) is 5.92 Å². The van der Waals surface area contributed by atoms with Crippen molar-refractivity contribution >= 4 is 0 Å². The number of hydrogen-bond acceptors (Lipinski definition) is 0. The molecule has 0 N–H and O–H groups in total. The van der Waals surface area contributed by atoms with Crippen molar-refractivity contribution in [3.05, 3.63) is 34.9 Å². The van der Waals surface area contributed by atoms with Gasteiger partial charge in [0.1, 0.15) is 0 Å². The first kappa shape index (κ1) is 11.6. The molecule has 0 fully saturated rings. The maximum atomic E-state index is 14.5. The minimum atomic E-state index is -2.71. The van der Waals surface area contributed by atoms with Gasteiger partial charge in [0, 0.05) is 0 Å². The number of fused-ring (bicyclic) bond motifs is 1. The van der Waals surface area contributed by atoms with E-state index in [2.05, 4.69) is 0 Å². The summed E-state index contributed by atoms with van der Waals surface area (Å²) in [7, 11) is 0. The van der Waals surface area contributed by atoms with Crippen molar-refractivity contribution in [3.63, 3.8) is 0 Å². The van der Waals surface area contributed by atoms with Crippen LogP contribution in [-0.4, -0.2) is 5.92 Å². The second-order valence-electron chi connectivity index (χ2n) is 5.82. The Morgan fingerprint density at radius 1 is 0.938 bits per heavy atom. The summed E-state index contributed by atoms with van der Waals surface area (Å²) in [6, 6.07) is 5.62. The Labute approximate surface area is 95.7 Å². The third kappa shape index (κ3) is 1.03. The zero-order chi connectivity index (χ0) is 12.4. The minimum absolute atomic E-state index is 0.794. The molecule has 1 aliphatic rings. The highest BCUT2D eigenvalue weighted by atomic mass is 19.3. The molecule has 2 heteroatoms. The van der Waals surface area contributed by atoms with Gasteiger partial charge in [-0.05, 0) is 51.3 Å². The summed E-state index contributed by atoms with van der Waals surface area (Å²) in [5.41, 5.74) is 0.412. The zero-order valence-corrected chi connectivity index (χ0v) is 10.5. The standard InChI is InChI=1S/C14H18F2/c1-9-7-6-8-10-11(9)13(4,5)14(15,16)12(10,2)3/h6-8H,1-5H3. The first-order chi connectivity index (χ1) is 7.14. The van der Waals surface area contributed by atoms with Crippen molar-refractivity contribution in [3.8, 4) is 0 Å². The summed E-state index contributed by atoms with van der Waals surface area (Å²) in [4.78, 5) is 0. The van der Waals surface area contributed by atoms with Crippen molar-refractivity contribution < 1.29 is 8.78 Å². The van der Waals surface area contributed by atoms with Gasteiger partial charge in [-0.3, -0.25) is 0 Å². The van der Waals surface area contributed by atoms with Crippen LogP contribution < -0.4 is 0 Å². The van der Waals surface area contributed by atoms with Gasteiger partial charge in [-0.15, -0.1) is 0 Å². The maximum Gasteiger partial charge on any atom is 0.266 e. The van der Waals surface area contributed by atoms with Crippen molar-refractivity contribution in [1.82, 2.24) is 0 Å². The fraction of sp³-hybridized carbons (Fsp3) is 0.571. The quantitative estimate of drug-likeness (QED) is 0.619. The predicted octanol–water partition coefficient (Wildman–Crippen LogP) is 4.20. The topological polar surface area (TPSA) is 0 Å². The summed E-state index contributed by atoms with van der Waals surface area (Å²) >= 11 is 0. The molecule has 0 saturated heterocycles. The number of alkyl halides is 2. The Kier molecular flexibility index (Phi) is 2.06. The van der Waals surface area contributed by atoms with Crippen LogP contribution in [0.1, 0.15) is 44.4 Å². The van der Waals surface area contributed by atoms with Crippen LogP contribution in [0.4, 0.5) is 8.78 Å². The van der Waals surface area contributed by atoms with Gasteiger partial charge in [-0.2, -0.15) is 0 Å². The molecule has 0 amide bonds. The minimum Gasteiger partial charge on any atom is -0.205 e. The monoisotopic (exact) mass is 224 g/mol. The molecule has 0 radical (unpaired) electrons. The summed E-state index contributed by atoms with van der Waals surface area (Å²) in [6.07, 6.45) is 0. The Balaban J connectivity index is 2.84. The van der Waals surface area contributed by atoms with E-state index in [9.17, 15) is 8.78 Å². The lowest BCUT2D eigenvalue weighted by Gasteiger charge is -2.35. The Hall–Kier alpha value is -0.920. The van der Waals surface area contributed by atoms with E-state index in [1.54, 1.807) is 27.7 Å². The lowest BCUT2D eigenvalue weighted by atomic mass is 9.76. The van der Waals surface area contributed by atoms with E-state index in [1.807, 2.05) is 25.1 Å². The number of rotatable bonds is 0. The molecule has 1 aliphatic carbocycles. The second kappa shape index (κ2) is 2.85. The molecule has 88 valence electrons. The summed E-state index contributed by atoms with van der Waals surface area (Å²) < 4.78 is 28.9. The maximum absolute atomic E-state index is 14.5. The van der Waals surface area contributed by atoms with Crippen LogP contribution in [0.25, 0.3) is 0 Å². The first-order valence-corrected chi connectivity index (χ1v) is 5.62. The summed E-state index contributed by atoms with van der Waals surface area (Å²) in [5, 5.41) is 0.